The Morgan fingerprint density at radius 1 is 1.20 bits per heavy atom. The van der Waals surface area contributed by atoms with E-state index in [4.69, 9.17) is 9.47 Å². The van der Waals surface area contributed by atoms with Gasteiger partial charge in [0.25, 0.3) is 0 Å². The molecule has 0 unspecified atom stereocenters. The maximum absolute atomic E-state index is 12.2. The minimum Gasteiger partial charge on any atom is -0.493 e. The summed E-state index contributed by atoms with van der Waals surface area (Å²) in [5.41, 5.74) is 0.768. The Labute approximate surface area is 194 Å². The third-order valence-corrected chi connectivity index (χ3v) is 5.14. The van der Waals surface area contributed by atoms with Gasteiger partial charge in [-0.25, -0.2) is 13.1 Å². The van der Waals surface area contributed by atoms with Gasteiger partial charge in [-0.15, -0.1) is 24.0 Å². The van der Waals surface area contributed by atoms with Crippen molar-refractivity contribution >= 4 is 45.6 Å². The van der Waals surface area contributed by atoms with Crippen molar-refractivity contribution in [2.75, 3.05) is 38.7 Å². The van der Waals surface area contributed by atoms with Crippen LogP contribution in [-0.4, -0.2) is 52.7 Å². The lowest BCUT2D eigenvalue weighted by molar-refractivity contribution is 0.311. The van der Waals surface area contributed by atoms with Gasteiger partial charge in [-0.05, 0) is 38.1 Å². The summed E-state index contributed by atoms with van der Waals surface area (Å²) >= 11 is 0. The number of halogens is 1. The average molecular weight is 549 g/mol. The van der Waals surface area contributed by atoms with E-state index in [1.807, 2.05) is 26.0 Å². The fourth-order valence-corrected chi connectivity index (χ4v) is 3.39. The summed E-state index contributed by atoms with van der Waals surface area (Å²) in [5, 5.41) is 6.30. The second-order valence-electron chi connectivity index (χ2n) is 5.77. The normalized spacial score (nSPS) is 11.4. The van der Waals surface area contributed by atoms with Gasteiger partial charge in [0, 0.05) is 37.2 Å². The second-order valence-corrected chi connectivity index (χ2v) is 7.54. The minimum atomic E-state index is -3.60. The van der Waals surface area contributed by atoms with E-state index in [9.17, 15) is 8.42 Å². The van der Waals surface area contributed by atoms with E-state index < -0.39 is 10.0 Å². The Kier molecular flexibility index (Phi) is 11.4. The third-order valence-electron chi connectivity index (χ3n) is 3.69. The smallest absolute Gasteiger partial charge is 0.242 e. The number of nitrogens with one attached hydrogen (secondary N) is 3. The highest BCUT2D eigenvalue weighted by atomic mass is 127. The molecular formula is C19H28IN5O4S. The first kappa shape index (κ1) is 25.9. The molecule has 0 aliphatic rings. The van der Waals surface area contributed by atoms with Crippen LogP contribution in [0.2, 0.25) is 0 Å². The van der Waals surface area contributed by atoms with Crippen molar-refractivity contribution in [3.63, 3.8) is 0 Å². The Balaban J connectivity index is 0.00000450. The highest BCUT2D eigenvalue weighted by Crippen LogP contribution is 2.30. The van der Waals surface area contributed by atoms with Crippen LogP contribution in [0.5, 0.6) is 11.5 Å². The molecule has 0 aliphatic heterocycles. The predicted octanol–water partition coefficient (Wildman–Crippen LogP) is 2.46. The van der Waals surface area contributed by atoms with Gasteiger partial charge in [-0.1, -0.05) is 0 Å². The number of methoxy groups -OCH3 is 1. The summed E-state index contributed by atoms with van der Waals surface area (Å²) in [6.45, 7) is 5.43. The van der Waals surface area contributed by atoms with Crippen molar-refractivity contribution in [3.05, 3.63) is 42.7 Å². The van der Waals surface area contributed by atoms with Gasteiger partial charge in [0.05, 0.1) is 20.3 Å². The second kappa shape index (κ2) is 13.2. The Morgan fingerprint density at radius 3 is 2.63 bits per heavy atom. The van der Waals surface area contributed by atoms with E-state index in [1.54, 1.807) is 19.2 Å². The summed E-state index contributed by atoms with van der Waals surface area (Å²) < 4.78 is 37.8. The molecule has 0 saturated heterocycles. The molecule has 2 rings (SSSR count). The number of hydrogen-bond donors (Lipinski definition) is 3. The average Bonchev–Trinajstić information content (AvgIpc) is 2.72. The van der Waals surface area contributed by atoms with Crippen LogP contribution in [0.15, 0.2) is 52.6 Å². The van der Waals surface area contributed by atoms with Crippen molar-refractivity contribution in [1.29, 1.82) is 0 Å². The van der Waals surface area contributed by atoms with Crippen LogP contribution >= 0.6 is 24.0 Å². The molecule has 0 saturated carbocycles. The Hall–Kier alpha value is -2.12. The van der Waals surface area contributed by atoms with Crippen LogP contribution in [-0.2, 0) is 10.0 Å². The summed E-state index contributed by atoms with van der Waals surface area (Å²) in [5.74, 6) is 1.80. The van der Waals surface area contributed by atoms with Crippen LogP contribution in [0.25, 0.3) is 0 Å². The molecule has 3 N–H and O–H groups in total. The van der Waals surface area contributed by atoms with E-state index in [0.717, 1.165) is 5.69 Å². The number of benzene rings is 1. The lowest BCUT2D eigenvalue weighted by atomic mass is 10.2. The number of nitrogens with zero attached hydrogens (tertiary/aromatic N) is 2. The van der Waals surface area contributed by atoms with Crippen LogP contribution in [0, 0.1) is 0 Å². The quantitative estimate of drug-likeness (QED) is 0.181. The third kappa shape index (κ3) is 7.95. The zero-order valence-electron chi connectivity index (χ0n) is 17.2. The molecule has 0 radical (unpaired) electrons. The predicted molar refractivity (Wildman–Crippen MR) is 129 cm³/mol. The molecule has 11 heteroatoms. The first-order valence-electron chi connectivity index (χ1n) is 9.26. The highest BCUT2D eigenvalue weighted by molar-refractivity contribution is 14.0. The summed E-state index contributed by atoms with van der Waals surface area (Å²) in [7, 11) is -2.02. The van der Waals surface area contributed by atoms with Crippen LogP contribution < -0.4 is 24.8 Å². The SMILES string of the molecule is CCNC(=NCCNS(=O)(=O)c1cccnc1)Nc1ccc(OC)c(OCC)c1.I. The maximum Gasteiger partial charge on any atom is 0.242 e. The first-order valence-corrected chi connectivity index (χ1v) is 10.7. The van der Waals surface area contributed by atoms with Crippen molar-refractivity contribution < 1.29 is 17.9 Å². The molecule has 0 fully saturated rings. The lowest BCUT2D eigenvalue weighted by Crippen LogP contribution is -2.32. The van der Waals surface area contributed by atoms with Crippen molar-refractivity contribution in [2.24, 2.45) is 4.99 Å². The van der Waals surface area contributed by atoms with Gasteiger partial charge < -0.3 is 20.1 Å². The molecule has 0 spiro atoms. The molecule has 9 nitrogen and oxygen atoms in total. The number of anilines is 1. The Bertz CT molecular complexity index is 910. The van der Waals surface area contributed by atoms with E-state index in [0.29, 0.717) is 30.6 Å². The monoisotopic (exact) mass is 549 g/mol. The van der Waals surface area contributed by atoms with Crippen molar-refractivity contribution in [2.45, 2.75) is 18.7 Å². The van der Waals surface area contributed by atoms with Gasteiger partial charge in [0.2, 0.25) is 10.0 Å². The molecule has 30 heavy (non-hydrogen) atoms. The first-order chi connectivity index (χ1) is 14.0. The topological polar surface area (TPSA) is 114 Å². The van der Waals surface area contributed by atoms with Gasteiger partial charge in [-0.2, -0.15) is 0 Å². The van der Waals surface area contributed by atoms with Crippen molar-refractivity contribution in [1.82, 2.24) is 15.0 Å². The van der Waals surface area contributed by atoms with Crippen LogP contribution in [0.4, 0.5) is 5.69 Å². The van der Waals surface area contributed by atoms with Crippen LogP contribution in [0.1, 0.15) is 13.8 Å². The molecule has 1 aromatic carbocycles. The van der Waals surface area contributed by atoms with Gasteiger partial charge >= 0.3 is 0 Å². The molecule has 0 atom stereocenters. The molecule has 1 aromatic heterocycles. The highest BCUT2D eigenvalue weighted by Gasteiger charge is 2.12. The maximum atomic E-state index is 12.2. The van der Waals surface area contributed by atoms with Crippen LogP contribution in [0.3, 0.4) is 0 Å². The van der Waals surface area contributed by atoms with E-state index >= 15 is 0 Å². The Morgan fingerprint density at radius 2 is 2.00 bits per heavy atom. The minimum absolute atomic E-state index is 0. The number of aliphatic imine (C=N–C) groups is 1. The fourth-order valence-electron chi connectivity index (χ4n) is 2.40. The molecule has 166 valence electrons. The molecule has 2 aromatic rings. The molecular weight excluding hydrogens is 521 g/mol. The summed E-state index contributed by atoms with van der Waals surface area (Å²) in [6.07, 6.45) is 2.82. The fraction of sp³-hybridized carbons (Fsp3) is 0.368. The van der Waals surface area contributed by atoms with Gasteiger partial charge in [0.15, 0.2) is 17.5 Å². The standard InChI is InChI=1S/C19H27N5O4S.HI/c1-4-21-19(24-15-8-9-17(27-3)18(13-15)28-5-2)22-11-12-23-29(25,26)16-7-6-10-20-14-16;/h6-10,13-14,23H,4-5,11-12H2,1-3H3,(H2,21,22,24);1H. The number of aromatic nitrogens is 1. The number of guanidine groups is 1. The van der Waals surface area contributed by atoms with Crippen molar-refractivity contribution in [3.8, 4) is 11.5 Å². The molecule has 1 heterocycles. The summed E-state index contributed by atoms with van der Waals surface area (Å²) in [4.78, 5) is 8.35. The largest absolute Gasteiger partial charge is 0.493 e. The zero-order valence-corrected chi connectivity index (χ0v) is 20.4. The van der Waals surface area contributed by atoms with E-state index in [-0.39, 0.29) is 42.0 Å². The number of rotatable bonds is 10. The van der Waals surface area contributed by atoms with Gasteiger partial charge in [0.1, 0.15) is 4.90 Å². The summed E-state index contributed by atoms with van der Waals surface area (Å²) in [6, 6.07) is 8.54. The number of ether oxygens (including phenoxy) is 2. The molecule has 0 bridgehead atoms. The lowest BCUT2D eigenvalue weighted by Gasteiger charge is -2.14. The zero-order chi connectivity index (χ0) is 21.1. The number of hydrogen-bond acceptors (Lipinski definition) is 6. The molecule has 0 aliphatic carbocycles. The number of sulfonamides is 1. The van der Waals surface area contributed by atoms with E-state index in [1.165, 1.54) is 18.5 Å². The van der Waals surface area contributed by atoms with Gasteiger partial charge in [-0.3, -0.25) is 9.98 Å². The molecule has 0 amide bonds. The number of pyridine rings is 1. The van der Waals surface area contributed by atoms with E-state index in [2.05, 4.69) is 25.3 Å².